The van der Waals surface area contributed by atoms with Gasteiger partial charge in [-0.25, -0.2) is 0 Å². The lowest BCUT2D eigenvalue weighted by molar-refractivity contribution is 0.0964. The summed E-state index contributed by atoms with van der Waals surface area (Å²) in [5, 5.41) is 2.36. The summed E-state index contributed by atoms with van der Waals surface area (Å²) < 4.78 is 6.36. The number of pyridine rings is 1. The molecule has 3 aromatic rings. The fraction of sp³-hybridized carbons (Fsp3) is 0.348. The van der Waals surface area contributed by atoms with Gasteiger partial charge in [0, 0.05) is 37.4 Å². The molecule has 1 fully saturated rings. The Balaban J connectivity index is 0.00000210. The van der Waals surface area contributed by atoms with E-state index in [0.717, 1.165) is 38.2 Å². The van der Waals surface area contributed by atoms with Crippen molar-refractivity contribution in [2.24, 2.45) is 0 Å². The molecule has 1 aliphatic rings. The average molecular weight is 383 g/mol. The second-order valence-electron chi connectivity index (χ2n) is 7.42. The molecule has 0 radical (unpaired) electrons. The van der Waals surface area contributed by atoms with Crippen LogP contribution in [0.5, 0.6) is 5.75 Å². The molecule has 0 bridgehead atoms. The number of ether oxygens (including phenoxy) is 1. The van der Waals surface area contributed by atoms with Crippen molar-refractivity contribution in [1.29, 1.82) is 0 Å². The zero-order valence-corrected chi connectivity index (χ0v) is 16.8. The number of aryl methyl sites for hydroxylation is 2. The molecule has 0 unspecified atom stereocenters. The van der Waals surface area contributed by atoms with Crippen molar-refractivity contribution < 1.29 is 4.74 Å². The van der Waals surface area contributed by atoms with Gasteiger partial charge in [-0.3, -0.25) is 9.88 Å². The van der Waals surface area contributed by atoms with Gasteiger partial charge in [-0.1, -0.05) is 29.8 Å². The molecule has 1 aliphatic heterocycles. The lowest BCUT2D eigenvalue weighted by Crippen LogP contribution is -2.37. The standard InChI is InChI=1S/C23H26N2O.ClH/c1-17-3-5-19(6-4-17)16-25-11-8-22(9-12-25)26-23-14-20-7-10-24-15-21(20)13-18(23)2;/h3-7,10,13-15,22H,8-9,11-12,16H2,1-2H3;1H. The third kappa shape index (κ3) is 4.79. The highest BCUT2D eigenvalue weighted by atomic mass is 35.5. The van der Waals surface area contributed by atoms with Gasteiger partial charge in [0.25, 0.3) is 0 Å². The predicted octanol–water partition coefficient (Wildman–Crippen LogP) is 5.32. The van der Waals surface area contributed by atoms with Crippen molar-refractivity contribution in [2.75, 3.05) is 13.1 Å². The Morgan fingerprint density at radius 1 is 1.00 bits per heavy atom. The molecule has 1 aromatic heterocycles. The van der Waals surface area contributed by atoms with Crippen LogP contribution >= 0.6 is 12.4 Å². The number of piperidine rings is 1. The first kappa shape index (κ1) is 19.7. The van der Waals surface area contributed by atoms with E-state index in [1.807, 2.05) is 18.5 Å². The van der Waals surface area contributed by atoms with E-state index in [1.54, 1.807) is 0 Å². The Morgan fingerprint density at radius 2 is 1.74 bits per heavy atom. The quantitative estimate of drug-likeness (QED) is 0.610. The number of aromatic nitrogens is 1. The van der Waals surface area contributed by atoms with Crippen LogP contribution in [-0.4, -0.2) is 29.1 Å². The number of benzene rings is 2. The summed E-state index contributed by atoms with van der Waals surface area (Å²) in [6.07, 6.45) is 6.22. The van der Waals surface area contributed by atoms with Gasteiger partial charge in [-0.05, 0) is 61.4 Å². The molecule has 0 saturated carbocycles. The smallest absolute Gasteiger partial charge is 0.123 e. The molecule has 0 spiro atoms. The SMILES string of the molecule is Cc1ccc(CN2CCC(Oc3cc4ccncc4cc3C)CC2)cc1.Cl. The molecule has 0 aliphatic carbocycles. The van der Waals surface area contributed by atoms with Crippen LogP contribution in [0.25, 0.3) is 10.8 Å². The third-order valence-electron chi connectivity index (χ3n) is 5.29. The van der Waals surface area contributed by atoms with E-state index in [2.05, 4.69) is 60.1 Å². The fourth-order valence-electron chi connectivity index (χ4n) is 3.67. The van der Waals surface area contributed by atoms with Crippen LogP contribution in [0.1, 0.15) is 29.5 Å². The first-order valence-corrected chi connectivity index (χ1v) is 9.46. The molecule has 1 saturated heterocycles. The Hall–Kier alpha value is -2.10. The van der Waals surface area contributed by atoms with Crippen molar-refractivity contribution in [2.45, 2.75) is 39.3 Å². The van der Waals surface area contributed by atoms with Gasteiger partial charge < -0.3 is 4.74 Å². The zero-order chi connectivity index (χ0) is 17.9. The van der Waals surface area contributed by atoms with Crippen LogP contribution < -0.4 is 4.74 Å². The molecule has 2 aromatic carbocycles. The number of halogens is 1. The molecule has 142 valence electrons. The fourth-order valence-corrected chi connectivity index (χ4v) is 3.67. The van der Waals surface area contributed by atoms with Crippen molar-refractivity contribution in [1.82, 2.24) is 9.88 Å². The molecule has 4 heteroatoms. The van der Waals surface area contributed by atoms with E-state index >= 15 is 0 Å². The summed E-state index contributed by atoms with van der Waals surface area (Å²) in [5.41, 5.74) is 3.91. The molecule has 0 amide bonds. The highest BCUT2D eigenvalue weighted by Crippen LogP contribution is 2.28. The zero-order valence-electron chi connectivity index (χ0n) is 16.0. The maximum absolute atomic E-state index is 6.36. The number of rotatable bonds is 4. The van der Waals surface area contributed by atoms with Crippen LogP contribution in [0.15, 0.2) is 54.9 Å². The van der Waals surface area contributed by atoms with Gasteiger partial charge >= 0.3 is 0 Å². The van der Waals surface area contributed by atoms with Crippen molar-refractivity contribution in [3.63, 3.8) is 0 Å². The number of nitrogens with zero attached hydrogens (tertiary/aromatic N) is 2. The number of hydrogen-bond donors (Lipinski definition) is 0. The highest BCUT2D eigenvalue weighted by molar-refractivity contribution is 5.85. The molecule has 0 N–H and O–H groups in total. The molecule has 3 nitrogen and oxygen atoms in total. The molecular weight excluding hydrogens is 356 g/mol. The molecular formula is C23H27ClN2O. The normalized spacial score (nSPS) is 15.5. The second kappa shape index (κ2) is 8.73. The topological polar surface area (TPSA) is 25.4 Å². The van der Waals surface area contributed by atoms with Crippen LogP contribution in [0.2, 0.25) is 0 Å². The average Bonchev–Trinajstić information content (AvgIpc) is 2.66. The summed E-state index contributed by atoms with van der Waals surface area (Å²) in [6.45, 7) is 7.48. The summed E-state index contributed by atoms with van der Waals surface area (Å²) in [6, 6.07) is 15.3. The third-order valence-corrected chi connectivity index (χ3v) is 5.29. The summed E-state index contributed by atoms with van der Waals surface area (Å²) in [7, 11) is 0. The van der Waals surface area contributed by atoms with Crippen LogP contribution in [-0.2, 0) is 6.54 Å². The van der Waals surface area contributed by atoms with Gasteiger partial charge in [-0.2, -0.15) is 0 Å². The first-order chi connectivity index (χ1) is 12.7. The van der Waals surface area contributed by atoms with Gasteiger partial charge in [0.2, 0.25) is 0 Å². The summed E-state index contributed by atoms with van der Waals surface area (Å²) in [4.78, 5) is 6.73. The van der Waals surface area contributed by atoms with Gasteiger partial charge in [0.15, 0.2) is 0 Å². The van der Waals surface area contributed by atoms with Crippen molar-refractivity contribution >= 4 is 23.2 Å². The van der Waals surface area contributed by atoms with E-state index in [9.17, 15) is 0 Å². The lowest BCUT2D eigenvalue weighted by atomic mass is 10.1. The minimum atomic E-state index is 0. The van der Waals surface area contributed by atoms with Crippen LogP contribution in [0, 0.1) is 13.8 Å². The number of fused-ring (bicyclic) bond motifs is 1. The van der Waals surface area contributed by atoms with E-state index in [0.29, 0.717) is 6.10 Å². The van der Waals surface area contributed by atoms with E-state index < -0.39 is 0 Å². The summed E-state index contributed by atoms with van der Waals surface area (Å²) in [5.74, 6) is 1.01. The number of hydrogen-bond acceptors (Lipinski definition) is 3. The Labute approximate surface area is 167 Å². The minimum absolute atomic E-state index is 0. The molecule has 27 heavy (non-hydrogen) atoms. The second-order valence-corrected chi connectivity index (χ2v) is 7.42. The van der Waals surface area contributed by atoms with Crippen LogP contribution in [0.3, 0.4) is 0 Å². The van der Waals surface area contributed by atoms with Gasteiger partial charge in [-0.15, -0.1) is 12.4 Å². The Kier molecular flexibility index (Phi) is 6.35. The summed E-state index contributed by atoms with van der Waals surface area (Å²) >= 11 is 0. The largest absolute Gasteiger partial charge is 0.490 e. The molecule has 0 atom stereocenters. The highest BCUT2D eigenvalue weighted by Gasteiger charge is 2.21. The maximum atomic E-state index is 6.36. The van der Waals surface area contributed by atoms with E-state index in [-0.39, 0.29) is 12.4 Å². The number of likely N-dealkylation sites (tertiary alicyclic amines) is 1. The predicted molar refractivity (Wildman–Crippen MR) is 114 cm³/mol. The monoisotopic (exact) mass is 382 g/mol. The van der Waals surface area contributed by atoms with E-state index in [4.69, 9.17) is 4.74 Å². The van der Waals surface area contributed by atoms with Crippen molar-refractivity contribution in [3.8, 4) is 5.75 Å². The lowest BCUT2D eigenvalue weighted by Gasteiger charge is -2.32. The minimum Gasteiger partial charge on any atom is -0.490 e. The Morgan fingerprint density at radius 3 is 2.48 bits per heavy atom. The Bertz CT molecular complexity index is 887. The molecule has 2 heterocycles. The van der Waals surface area contributed by atoms with Gasteiger partial charge in [0.1, 0.15) is 11.9 Å². The van der Waals surface area contributed by atoms with Gasteiger partial charge in [0.05, 0.1) is 0 Å². The van der Waals surface area contributed by atoms with Crippen LogP contribution in [0.4, 0.5) is 0 Å². The maximum Gasteiger partial charge on any atom is 0.123 e. The first-order valence-electron chi connectivity index (χ1n) is 9.46. The molecule has 4 rings (SSSR count). The van der Waals surface area contributed by atoms with Crippen molar-refractivity contribution in [3.05, 3.63) is 71.5 Å². The van der Waals surface area contributed by atoms with E-state index in [1.165, 1.54) is 27.5 Å².